The Morgan fingerprint density at radius 1 is 1.31 bits per heavy atom. The molecule has 2 rings (SSSR count). The normalized spacial score (nSPS) is 10.4. The lowest BCUT2D eigenvalue weighted by molar-refractivity contribution is 0.414. The second kappa shape index (κ2) is 4.26. The van der Waals surface area contributed by atoms with Gasteiger partial charge >= 0.3 is 0 Å². The highest BCUT2D eigenvalue weighted by atomic mass is 16.5. The molecule has 0 fully saturated rings. The van der Waals surface area contributed by atoms with Crippen molar-refractivity contribution >= 4 is 5.69 Å². The van der Waals surface area contributed by atoms with Gasteiger partial charge < -0.3 is 10.5 Å². The van der Waals surface area contributed by atoms with Crippen LogP contribution in [0, 0.1) is 6.92 Å². The Labute approximate surface area is 94.6 Å². The van der Waals surface area contributed by atoms with Crippen molar-refractivity contribution in [3.05, 3.63) is 41.7 Å². The van der Waals surface area contributed by atoms with E-state index in [9.17, 15) is 0 Å². The molecule has 0 aliphatic heterocycles. The largest absolute Gasteiger partial charge is 0.497 e. The Morgan fingerprint density at radius 3 is 2.50 bits per heavy atom. The fourth-order valence-corrected chi connectivity index (χ4v) is 1.53. The fourth-order valence-electron chi connectivity index (χ4n) is 1.53. The quantitative estimate of drug-likeness (QED) is 0.853. The number of anilines is 1. The molecule has 0 radical (unpaired) electrons. The summed E-state index contributed by atoms with van der Waals surface area (Å²) in [6.45, 7) is 2.63. The number of hydrogen-bond donors (Lipinski definition) is 1. The maximum Gasteiger partial charge on any atom is 0.118 e. The Bertz CT molecular complexity index is 454. The van der Waals surface area contributed by atoms with E-state index in [2.05, 4.69) is 5.10 Å². The molecular weight excluding hydrogens is 202 g/mol. The first-order chi connectivity index (χ1) is 7.69. The molecule has 0 saturated heterocycles. The SMILES string of the molecule is COc1ccc(Cn2cc(N)c(C)n2)cc1. The second-order valence-corrected chi connectivity index (χ2v) is 3.72. The van der Waals surface area contributed by atoms with Crippen molar-refractivity contribution < 1.29 is 4.74 Å². The van der Waals surface area contributed by atoms with Crippen LogP contribution < -0.4 is 10.5 Å². The zero-order valence-corrected chi connectivity index (χ0v) is 9.47. The van der Waals surface area contributed by atoms with Gasteiger partial charge in [-0.2, -0.15) is 5.10 Å². The summed E-state index contributed by atoms with van der Waals surface area (Å²) >= 11 is 0. The first-order valence-corrected chi connectivity index (χ1v) is 5.11. The molecule has 0 spiro atoms. The summed E-state index contributed by atoms with van der Waals surface area (Å²) in [5, 5.41) is 4.31. The summed E-state index contributed by atoms with van der Waals surface area (Å²) < 4.78 is 6.94. The van der Waals surface area contributed by atoms with Crippen LogP contribution in [-0.4, -0.2) is 16.9 Å². The van der Waals surface area contributed by atoms with Gasteiger partial charge in [-0.1, -0.05) is 12.1 Å². The van der Waals surface area contributed by atoms with Gasteiger partial charge in [0.1, 0.15) is 5.75 Å². The number of nitrogens with zero attached hydrogens (tertiary/aromatic N) is 2. The lowest BCUT2D eigenvalue weighted by Gasteiger charge is -2.03. The van der Waals surface area contributed by atoms with Gasteiger partial charge in [-0.3, -0.25) is 4.68 Å². The number of aromatic nitrogens is 2. The van der Waals surface area contributed by atoms with Crippen molar-refractivity contribution in [2.75, 3.05) is 12.8 Å². The van der Waals surface area contributed by atoms with Crippen LogP contribution in [0.15, 0.2) is 30.5 Å². The van der Waals surface area contributed by atoms with Gasteiger partial charge in [-0.05, 0) is 24.6 Å². The number of aryl methyl sites for hydroxylation is 1. The minimum absolute atomic E-state index is 0.724. The molecule has 0 amide bonds. The molecule has 0 unspecified atom stereocenters. The third-order valence-electron chi connectivity index (χ3n) is 2.49. The first kappa shape index (κ1) is 10.5. The number of methoxy groups -OCH3 is 1. The maximum absolute atomic E-state index is 5.74. The van der Waals surface area contributed by atoms with Crippen LogP contribution in [0.5, 0.6) is 5.75 Å². The highest BCUT2D eigenvalue weighted by molar-refractivity contribution is 5.39. The lowest BCUT2D eigenvalue weighted by Crippen LogP contribution is -2.00. The summed E-state index contributed by atoms with van der Waals surface area (Å²) in [5.74, 6) is 0.861. The maximum atomic E-state index is 5.74. The van der Waals surface area contributed by atoms with E-state index in [1.165, 1.54) is 5.56 Å². The highest BCUT2D eigenvalue weighted by Crippen LogP contribution is 2.13. The summed E-state index contributed by atoms with van der Waals surface area (Å²) in [4.78, 5) is 0. The molecule has 2 aromatic rings. The van der Waals surface area contributed by atoms with E-state index in [1.54, 1.807) is 7.11 Å². The number of nitrogen functional groups attached to an aromatic ring is 1. The monoisotopic (exact) mass is 217 g/mol. The Balaban J connectivity index is 2.14. The minimum Gasteiger partial charge on any atom is -0.497 e. The Hall–Kier alpha value is -1.97. The molecule has 4 heteroatoms. The van der Waals surface area contributed by atoms with Crippen molar-refractivity contribution in [2.45, 2.75) is 13.5 Å². The molecule has 4 nitrogen and oxygen atoms in total. The lowest BCUT2D eigenvalue weighted by atomic mass is 10.2. The molecule has 1 aromatic carbocycles. The molecule has 1 aromatic heterocycles. The van der Waals surface area contributed by atoms with Crippen molar-refractivity contribution in [3.63, 3.8) is 0 Å². The fraction of sp³-hybridized carbons (Fsp3) is 0.250. The van der Waals surface area contributed by atoms with Crippen molar-refractivity contribution in [3.8, 4) is 5.75 Å². The van der Waals surface area contributed by atoms with Gasteiger partial charge in [0, 0.05) is 6.20 Å². The topological polar surface area (TPSA) is 53.1 Å². The van der Waals surface area contributed by atoms with Gasteiger partial charge in [-0.25, -0.2) is 0 Å². The van der Waals surface area contributed by atoms with Crippen LogP contribution in [0.1, 0.15) is 11.3 Å². The van der Waals surface area contributed by atoms with Crippen LogP contribution >= 0.6 is 0 Å². The first-order valence-electron chi connectivity index (χ1n) is 5.11. The summed E-state index contributed by atoms with van der Waals surface area (Å²) in [7, 11) is 1.66. The number of nitrogens with two attached hydrogens (primary N) is 1. The van der Waals surface area contributed by atoms with Crippen LogP contribution in [0.2, 0.25) is 0 Å². The van der Waals surface area contributed by atoms with Crippen LogP contribution in [0.4, 0.5) is 5.69 Å². The molecular formula is C12H15N3O. The van der Waals surface area contributed by atoms with Crippen LogP contribution in [0.3, 0.4) is 0 Å². The highest BCUT2D eigenvalue weighted by Gasteiger charge is 2.01. The number of hydrogen-bond acceptors (Lipinski definition) is 3. The molecule has 1 heterocycles. The van der Waals surface area contributed by atoms with Crippen molar-refractivity contribution in [2.24, 2.45) is 0 Å². The minimum atomic E-state index is 0.724. The van der Waals surface area contributed by atoms with Gasteiger partial charge in [-0.15, -0.1) is 0 Å². The summed E-state index contributed by atoms with van der Waals surface area (Å²) in [5.41, 5.74) is 8.51. The van der Waals surface area contributed by atoms with E-state index in [1.807, 2.05) is 42.1 Å². The molecule has 0 aliphatic rings. The third kappa shape index (κ3) is 2.16. The van der Waals surface area contributed by atoms with E-state index >= 15 is 0 Å². The van der Waals surface area contributed by atoms with Gasteiger partial charge in [0.05, 0.1) is 25.0 Å². The molecule has 16 heavy (non-hydrogen) atoms. The number of rotatable bonds is 3. The predicted octanol–water partition coefficient (Wildman–Crippen LogP) is 1.83. The molecule has 2 N–H and O–H groups in total. The predicted molar refractivity (Wildman–Crippen MR) is 63.5 cm³/mol. The Kier molecular flexibility index (Phi) is 2.81. The summed E-state index contributed by atoms with van der Waals surface area (Å²) in [6, 6.07) is 7.92. The van der Waals surface area contributed by atoms with Gasteiger partial charge in [0.25, 0.3) is 0 Å². The Morgan fingerprint density at radius 2 is 2.00 bits per heavy atom. The number of ether oxygens (including phenoxy) is 1. The molecule has 84 valence electrons. The summed E-state index contributed by atoms with van der Waals surface area (Å²) in [6.07, 6.45) is 1.85. The molecule has 0 atom stereocenters. The van der Waals surface area contributed by atoms with Crippen LogP contribution in [-0.2, 0) is 6.54 Å². The third-order valence-corrected chi connectivity index (χ3v) is 2.49. The van der Waals surface area contributed by atoms with Crippen molar-refractivity contribution in [1.82, 2.24) is 9.78 Å². The van der Waals surface area contributed by atoms with Crippen LogP contribution in [0.25, 0.3) is 0 Å². The average Bonchev–Trinajstić information content (AvgIpc) is 2.59. The van der Waals surface area contributed by atoms with Gasteiger partial charge in [0.15, 0.2) is 0 Å². The number of benzene rings is 1. The van der Waals surface area contributed by atoms with E-state index < -0.39 is 0 Å². The molecule has 0 saturated carbocycles. The molecule has 0 aliphatic carbocycles. The second-order valence-electron chi connectivity index (χ2n) is 3.72. The van der Waals surface area contributed by atoms with E-state index in [4.69, 9.17) is 10.5 Å². The van der Waals surface area contributed by atoms with Gasteiger partial charge in [0.2, 0.25) is 0 Å². The zero-order chi connectivity index (χ0) is 11.5. The standard InChI is InChI=1S/C12H15N3O/c1-9-12(13)8-15(14-9)7-10-3-5-11(16-2)6-4-10/h3-6,8H,7,13H2,1-2H3. The molecule has 0 bridgehead atoms. The van der Waals surface area contributed by atoms with E-state index in [0.29, 0.717) is 0 Å². The van der Waals surface area contributed by atoms with Crippen molar-refractivity contribution in [1.29, 1.82) is 0 Å². The smallest absolute Gasteiger partial charge is 0.118 e. The van der Waals surface area contributed by atoms with E-state index in [0.717, 1.165) is 23.7 Å². The zero-order valence-electron chi connectivity index (χ0n) is 9.47. The van der Waals surface area contributed by atoms with E-state index in [-0.39, 0.29) is 0 Å². The average molecular weight is 217 g/mol.